The number of nitrogen functional groups attached to an aromatic ring is 2. The molecule has 20 heavy (non-hydrogen) atoms. The SMILES string of the molecule is Nc1ncc(Cc2cc(-c3ccccc3)on2)c(N)n1. The molecular formula is C14H13N5O. The van der Waals surface area contributed by atoms with Crippen molar-refractivity contribution in [3.8, 4) is 11.3 Å². The monoisotopic (exact) mass is 267 g/mol. The summed E-state index contributed by atoms with van der Waals surface area (Å²) >= 11 is 0. The second-order valence-corrected chi connectivity index (χ2v) is 4.36. The van der Waals surface area contributed by atoms with E-state index in [-0.39, 0.29) is 5.95 Å². The summed E-state index contributed by atoms with van der Waals surface area (Å²) in [5.41, 5.74) is 13.8. The normalized spacial score (nSPS) is 10.6. The molecule has 1 aromatic carbocycles. The van der Waals surface area contributed by atoms with Crippen LogP contribution >= 0.6 is 0 Å². The molecule has 2 heterocycles. The number of nitrogens with zero attached hydrogens (tertiary/aromatic N) is 3. The third kappa shape index (κ3) is 2.44. The van der Waals surface area contributed by atoms with Crippen molar-refractivity contribution in [1.82, 2.24) is 15.1 Å². The number of aromatic nitrogens is 3. The summed E-state index contributed by atoms with van der Waals surface area (Å²) < 4.78 is 5.33. The van der Waals surface area contributed by atoms with Crippen LogP contribution in [-0.4, -0.2) is 15.1 Å². The Hall–Kier alpha value is -2.89. The molecule has 0 aliphatic rings. The van der Waals surface area contributed by atoms with Crippen LogP contribution in [0.4, 0.5) is 11.8 Å². The van der Waals surface area contributed by atoms with Gasteiger partial charge in [-0.05, 0) is 0 Å². The molecule has 6 nitrogen and oxygen atoms in total. The van der Waals surface area contributed by atoms with Crippen molar-refractivity contribution in [3.05, 3.63) is 53.9 Å². The van der Waals surface area contributed by atoms with Crippen LogP contribution in [0.5, 0.6) is 0 Å². The number of anilines is 2. The first-order valence-electron chi connectivity index (χ1n) is 6.10. The number of rotatable bonds is 3. The van der Waals surface area contributed by atoms with Crippen molar-refractivity contribution in [2.45, 2.75) is 6.42 Å². The zero-order valence-electron chi connectivity index (χ0n) is 10.7. The molecule has 0 aliphatic carbocycles. The maximum atomic E-state index is 5.80. The fraction of sp³-hybridized carbons (Fsp3) is 0.0714. The molecule has 3 aromatic rings. The van der Waals surface area contributed by atoms with Gasteiger partial charge in [-0.3, -0.25) is 0 Å². The summed E-state index contributed by atoms with van der Waals surface area (Å²) in [7, 11) is 0. The molecular weight excluding hydrogens is 254 g/mol. The Morgan fingerprint density at radius 3 is 2.65 bits per heavy atom. The Morgan fingerprint density at radius 1 is 1.10 bits per heavy atom. The average Bonchev–Trinajstić information content (AvgIpc) is 2.92. The van der Waals surface area contributed by atoms with Crippen LogP contribution in [0.15, 0.2) is 47.1 Å². The van der Waals surface area contributed by atoms with Gasteiger partial charge in [0.15, 0.2) is 5.76 Å². The van der Waals surface area contributed by atoms with Crippen LogP contribution in [0.25, 0.3) is 11.3 Å². The number of hydrogen-bond donors (Lipinski definition) is 2. The predicted molar refractivity (Wildman–Crippen MR) is 75.6 cm³/mol. The van der Waals surface area contributed by atoms with E-state index in [1.807, 2.05) is 36.4 Å². The molecule has 0 unspecified atom stereocenters. The second-order valence-electron chi connectivity index (χ2n) is 4.36. The topological polar surface area (TPSA) is 104 Å². The largest absolute Gasteiger partial charge is 0.383 e. The first kappa shape index (κ1) is 12.2. The van der Waals surface area contributed by atoms with Gasteiger partial charge in [0.1, 0.15) is 5.82 Å². The highest BCUT2D eigenvalue weighted by Gasteiger charge is 2.10. The summed E-state index contributed by atoms with van der Waals surface area (Å²) in [4.78, 5) is 7.85. The molecule has 0 radical (unpaired) electrons. The Kier molecular flexibility index (Phi) is 3.04. The van der Waals surface area contributed by atoms with Gasteiger partial charge >= 0.3 is 0 Å². The Morgan fingerprint density at radius 2 is 1.90 bits per heavy atom. The Bertz CT molecular complexity index is 723. The van der Waals surface area contributed by atoms with Gasteiger partial charge in [-0.15, -0.1) is 0 Å². The summed E-state index contributed by atoms with van der Waals surface area (Å²) in [6.45, 7) is 0. The van der Waals surface area contributed by atoms with Crippen LogP contribution in [-0.2, 0) is 6.42 Å². The maximum Gasteiger partial charge on any atom is 0.221 e. The zero-order valence-corrected chi connectivity index (χ0v) is 10.7. The van der Waals surface area contributed by atoms with Crippen LogP contribution in [0.2, 0.25) is 0 Å². The van der Waals surface area contributed by atoms with Crippen LogP contribution in [0.1, 0.15) is 11.3 Å². The van der Waals surface area contributed by atoms with E-state index in [9.17, 15) is 0 Å². The summed E-state index contributed by atoms with van der Waals surface area (Å²) in [5.74, 6) is 1.24. The molecule has 0 spiro atoms. The van der Waals surface area contributed by atoms with E-state index in [1.165, 1.54) is 0 Å². The maximum absolute atomic E-state index is 5.80. The highest BCUT2D eigenvalue weighted by Crippen LogP contribution is 2.22. The molecule has 100 valence electrons. The van der Waals surface area contributed by atoms with Gasteiger partial charge in [-0.25, -0.2) is 4.98 Å². The molecule has 0 saturated carbocycles. The minimum absolute atomic E-state index is 0.163. The van der Waals surface area contributed by atoms with E-state index in [1.54, 1.807) is 6.20 Å². The number of benzene rings is 1. The minimum Gasteiger partial charge on any atom is -0.383 e. The smallest absolute Gasteiger partial charge is 0.221 e. The Labute approximate surface area is 115 Å². The molecule has 6 heteroatoms. The van der Waals surface area contributed by atoms with Crippen molar-refractivity contribution in [3.63, 3.8) is 0 Å². The van der Waals surface area contributed by atoms with E-state index in [4.69, 9.17) is 16.0 Å². The van der Waals surface area contributed by atoms with E-state index in [2.05, 4.69) is 15.1 Å². The fourth-order valence-electron chi connectivity index (χ4n) is 1.90. The van der Waals surface area contributed by atoms with Crippen LogP contribution < -0.4 is 11.5 Å². The van der Waals surface area contributed by atoms with E-state index in [0.717, 1.165) is 22.6 Å². The summed E-state index contributed by atoms with van der Waals surface area (Å²) in [6, 6.07) is 11.7. The van der Waals surface area contributed by atoms with Gasteiger partial charge in [-0.1, -0.05) is 35.5 Å². The van der Waals surface area contributed by atoms with Crippen LogP contribution in [0.3, 0.4) is 0 Å². The standard InChI is InChI=1S/C14H13N5O/c15-13-10(8-17-14(16)18-13)6-11-7-12(20-19-11)9-4-2-1-3-5-9/h1-5,7-8H,6H2,(H4,15,16,17,18). The molecule has 0 bridgehead atoms. The molecule has 0 fully saturated rings. The lowest BCUT2D eigenvalue weighted by atomic mass is 10.1. The van der Waals surface area contributed by atoms with Crippen molar-refractivity contribution in [1.29, 1.82) is 0 Å². The van der Waals surface area contributed by atoms with Crippen molar-refractivity contribution < 1.29 is 4.52 Å². The lowest BCUT2D eigenvalue weighted by Gasteiger charge is -2.01. The van der Waals surface area contributed by atoms with Gasteiger partial charge in [0.2, 0.25) is 5.95 Å². The molecule has 0 atom stereocenters. The van der Waals surface area contributed by atoms with Gasteiger partial charge in [-0.2, -0.15) is 4.98 Å². The van der Waals surface area contributed by atoms with Crippen molar-refractivity contribution in [2.24, 2.45) is 0 Å². The van der Waals surface area contributed by atoms with Gasteiger partial charge in [0.05, 0.1) is 5.69 Å². The highest BCUT2D eigenvalue weighted by atomic mass is 16.5. The van der Waals surface area contributed by atoms with Gasteiger partial charge < -0.3 is 16.0 Å². The molecule has 3 rings (SSSR count). The van der Waals surface area contributed by atoms with E-state index < -0.39 is 0 Å². The van der Waals surface area contributed by atoms with Gasteiger partial charge in [0, 0.05) is 29.8 Å². The first-order valence-corrected chi connectivity index (χ1v) is 6.10. The Balaban J connectivity index is 1.84. The highest BCUT2D eigenvalue weighted by molar-refractivity contribution is 5.57. The number of hydrogen-bond acceptors (Lipinski definition) is 6. The third-order valence-electron chi connectivity index (χ3n) is 2.91. The minimum atomic E-state index is 0.163. The molecule has 2 aromatic heterocycles. The molecule has 0 saturated heterocycles. The zero-order chi connectivity index (χ0) is 13.9. The molecule has 4 N–H and O–H groups in total. The van der Waals surface area contributed by atoms with Gasteiger partial charge in [0.25, 0.3) is 0 Å². The molecule has 0 amide bonds. The second kappa shape index (κ2) is 5.00. The predicted octanol–water partition coefficient (Wildman–Crippen LogP) is 1.89. The van der Waals surface area contributed by atoms with Crippen molar-refractivity contribution in [2.75, 3.05) is 11.5 Å². The van der Waals surface area contributed by atoms with Crippen molar-refractivity contribution >= 4 is 11.8 Å². The number of nitrogens with two attached hydrogens (primary N) is 2. The lowest BCUT2D eigenvalue weighted by Crippen LogP contribution is -2.04. The van der Waals surface area contributed by atoms with Crippen LogP contribution in [0, 0.1) is 0 Å². The molecule has 0 aliphatic heterocycles. The average molecular weight is 267 g/mol. The fourth-order valence-corrected chi connectivity index (χ4v) is 1.90. The van der Waals surface area contributed by atoms with E-state index in [0.29, 0.717) is 12.2 Å². The first-order chi connectivity index (χ1) is 9.72. The quantitative estimate of drug-likeness (QED) is 0.751. The third-order valence-corrected chi connectivity index (χ3v) is 2.91. The summed E-state index contributed by atoms with van der Waals surface area (Å²) in [5, 5.41) is 4.03. The van der Waals surface area contributed by atoms with E-state index >= 15 is 0 Å². The summed E-state index contributed by atoms with van der Waals surface area (Å²) in [6.07, 6.45) is 2.11. The lowest BCUT2D eigenvalue weighted by molar-refractivity contribution is 0.425.